The molecule has 0 N–H and O–H groups in total. The Morgan fingerprint density at radius 1 is 0.977 bits per heavy atom. The molecule has 0 aliphatic carbocycles. The standard InChI is InChI=1S/C34H52N4O3SSi2/c1-23(2)44(24(3)4,25(5)6)41-18-15-30-37-31(27-12-11-26-14-17-40-29(26)21-27)32(28-13-16-35-33(36-28)42-10)38(30)22-39-19-20-43-34(7,8)9/h11-14,16-17,21,23-25H,15,18-20,22,43H2,1-10H3. The van der Waals surface area contributed by atoms with E-state index in [1.165, 1.54) is 11.8 Å². The fourth-order valence-electron chi connectivity index (χ4n) is 6.64. The zero-order valence-electron chi connectivity index (χ0n) is 28.4. The molecule has 0 amide bonds. The summed E-state index contributed by atoms with van der Waals surface area (Å²) in [6.45, 7) is 22.8. The lowest BCUT2D eigenvalue weighted by Gasteiger charge is -2.42. The molecule has 0 atom stereocenters. The largest absolute Gasteiger partial charge is 0.464 e. The number of thioether (sulfide) groups is 1. The number of rotatable bonds is 15. The smallest absolute Gasteiger partial charge is 0.200 e. The van der Waals surface area contributed by atoms with E-state index in [2.05, 4.69) is 90.1 Å². The summed E-state index contributed by atoms with van der Waals surface area (Å²) in [6, 6.07) is 11.4. The predicted molar refractivity (Wildman–Crippen MR) is 190 cm³/mol. The van der Waals surface area contributed by atoms with Gasteiger partial charge in [-0.05, 0) is 52.2 Å². The first-order valence-corrected chi connectivity index (χ1v) is 21.1. The van der Waals surface area contributed by atoms with Gasteiger partial charge in [-0.15, -0.1) is 0 Å². The zero-order valence-corrected chi connectivity index (χ0v) is 31.7. The van der Waals surface area contributed by atoms with Crippen molar-refractivity contribution in [2.24, 2.45) is 0 Å². The lowest BCUT2D eigenvalue weighted by atomic mass is 10.1. The Labute approximate surface area is 271 Å². The van der Waals surface area contributed by atoms with Crippen LogP contribution in [0.15, 0.2) is 52.4 Å². The monoisotopic (exact) mass is 652 g/mol. The fraction of sp³-hybridized carbons (Fsp3) is 0.559. The van der Waals surface area contributed by atoms with Crippen molar-refractivity contribution in [3.05, 3.63) is 48.6 Å². The summed E-state index contributed by atoms with van der Waals surface area (Å²) in [5, 5.41) is 2.21. The van der Waals surface area contributed by atoms with E-state index in [1.807, 2.05) is 24.6 Å². The summed E-state index contributed by atoms with van der Waals surface area (Å²) < 4.78 is 21.4. The maximum absolute atomic E-state index is 7.00. The summed E-state index contributed by atoms with van der Waals surface area (Å²) in [7, 11) is -2.25. The average molecular weight is 653 g/mol. The molecule has 0 aliphatic heterocycles. The Balaban J connectivity index is 1.77. The first-order chi connectivity index (χ1) is 20.9. The second-order valence-electron chi connectivity index (χ2n) is 13.9. The fourth-order valence-corrected chi connectivity index (χ4v) is 13.9. The Bertz CT molecular complexity index is 1490. The molecular formula is C34H52N4O3SSi2. The molecule has 3 heterocycles. The molecule has 0 unspecified atom stereocenters. The van der Waals surface area contributed by atoms with Crippen LogP contribution in [0.2, 0.25) is 27.7 Å². The van der Waals surface area contributed by atoms with Gasteiger partial charge in [-0.2, -0.15) is 0 Å². The minimum atomic E-state index is -2.02. The van der Waals surface area contributed by atoms with Gasteiger partial charge in [-0.1, -0.05) is 86.2 Å². The van der Waals surface area contributed by atoms with Gasteiger partial charge in [0.1, 0.15) is 18.1 Å². The maximum atomic E-state index is 7.00. The molecule has 7 nitrogen and oxygen atoms in total. The molecule has 4 rings (SSSR count). The number of hydrogen-bond acceptors (Lipinski definition) is 7. The van der Waals surface area contributed by atoms with Gasteiger partial charge in [-0.3, -0.25) is 0 Å². The van der Waals surface area contributed by atoms with Crippen LogP contribution < -0.4 is 0 Å². The van der Waals surface area contributed by atoms with Gasteiger partial charge in [0, 0.05) is 46.3 Å². The number of fused-ring (bicyclic) bond motifs is 1. The highest BCUT2D eigenvalue weighted by atomic mass is 32.2. The molecular weight excluding hydrogens is 601 g/mol. The highest BCUT2D eigenvalue weighted by Crippen LogP contribution is 2.42. The minimum absolute atomic E-state index is 0.232. The Morgan fingerprint density at radius 2 is 1.70 bits per heavy atom. The number of hydrogen-bond donors (Lipinski definition) is 0. The van der Waals surface area contributed by atoms with Crippen LogP contribution in [0.5, 0.6) is 0 Å². The van der Waals surface area contributed by atoms with E-state index in [0.29, 0.717) is 41.4 Å². The third-order valence-corrected chi connectivity index (χ3v) is 17.5. The van der Waals surface area contributed by atoms with Crippen molar-refractivity contribution in [3.8, 4) is 22.6 Å². The quantitative estimate of drug-likeness (QED) is 0.0549. The Morgan fingerprint density at radius 3 is 2.36 bits per heavy atom. The minimum Gasteiger partial charge on any atom is -0.464 e. The molecule has 4 aromatic rings. The van der Waals surface area contributed by atoms with Crippen molar-refractivity contribution in [1.29, 1.82) is 0 Å². The summed E-state index contributed by atoms with van der Waals surface area (Å²) >= 11 is 1.54. The second kappa shape index (κ2) is 14.9. The number of nitrogens with zero attached hydrogens (tertiary/aromatic N) is 4. The van der Waals surface area contributed by atoms with E-state index in [9.17, 15) is 0 Å². The average Bonchev–Trinajstić information content (AvgIpc) is 3.58. The van der Waals surface area contributed by atoms with Crippen LogP contribution in [0.3, 0.4) is 0 Å². The molecule has 44 heavy (non-hydrogen) atoms. The normalized spacial score (nSPS) is 13.1. The van der Waals surface area contributed by atoms with Gasteiger partial charge in [-0.25, -0.2) is 15.0 Å². The molecule has 0 radical (unpaired) electrons. The summed E-state index contributed by atoms with van der Waals surface area (Å²) in [4.78, 5) is 14.7. The molecule has 0 spiro atoms. The van der Waals surface area contributed by atoms with E-state index < -0.39 is 8.32 Å². The zero-order chi connectivity index (χ0) is 32.1. The van der Waals surface area contributed by atoms with Gasteiger partial charge in [0.2, 0.25) is 0 Å². The number of imidazole rings is 1. The molecule has 0 bridgehead atoms. The van der Waals surface area contributed by atoms with Gasteiger partial charge in [0.25, 0.3) is 0 Å². The first kappa shape index (κ1) is 34.6. The lowest BCUT2D eigenvalue weighted by molar-refractivity contribution is 0.0860. The number of benzene rings is 1. The van der Waals surface area contributed by atoms with Crippen molar-refractivity contribution in [3.63, 3.8) is 0 Å². The predicted octanol–water partition coefficient (Wildman–Crippen LogP) is 8.99. The second-order valence-corrected chi connectivity index (χ2v) is 23.4. The van der Waals surface area contributed by atoms with Crippen molar-refractivity contribution >= 4 is 40.6 Å². The van der Waals surface area contributed by atoms with Crippen LogP contribution in [0, 0.1) is 0 Å². The Hall–Kier alpha value is -2.25. The van der Waals surface area contributed by atoms with E-state index in [1.54, 1.807) is 6.26 Å². The van der Waals surface area contributed by atoms with Crippen LogP contribution in [0.4, 0.5) is 0 Å². The molecule has 3 aromatic heterocycles. The third kappa shape index (κ3) is 7.93. The molecule has 0 aliphatic rings. The van der Waals surface area contributed by atoms with E-state index in [4.69, 9.17) is 23.5 Å². The first-order valence-electron chi connectivity index (χ1n) is 16.0. The van der Waals surface area contributed by atoms with Crippen molar-refractivity contribution in [2.75, 3.05) is 19.5 Å². The lowest BCUT2D eigenvalue weighted by Crippen LogP contribution is -2.48. The molecule has 0 saturated heterocycles. The number of ether oxygens (including phenoxy) is 1. The van der Waals surface area contributed by atoms with Crippen LogP contribution in [0.25, 0.3) is 33.6 Å². The SMILES string of the molecule is CSc1nccc(-c2c(-c3ccc4ccoc4c3)nc(CCO[Si](C(C)C)(C(C)C)C(C)C)n2COCC[SiH2]C(C)(C)C)n1. The van der Waals surface area contributed by atoms with Crippen molar-refractivity contribution in [1.82, 2.24) is 19.5 Å². The van der Waals surface area contributed by atoms with Crippen molar-refractivity contribution in [2.45, 2.75) is 108 Å². The van der Waals surface area contributed by atoms with Crippen LogP contribution in [-0.2, 0) is 22.3 Å². The molecule has 0 saturated carbocycles. The topological polar surface area (TPSA) is 75.2 Å². The van der Waals surface area contributed by atoms with Crippen LogP contribution in [0.1, 0.15) is 68.1 Å². The van der Waals surface area contributed by atoms with Gasteiger partial charge >= 0.3 is 0 Å². The summed E-state index contributed by atoms with van der Waals surface area (Å²) in [6.07, 6.45) is 6.26. The Kier molecular flexibility index (Phi) is 11.7. The van der Waals surface area contributed by atoms with Crippen molar-refractivity contribution < 1.29 is 13.6 Å². The van der Waals surface area contributed by atoms with Crippen LogP contribution in [-0.4, -0.2) is 56.8 Å². The number of furan rings is 1. The third-order valence-electron chi connectivity index (χ3n) is 8.66. The highest BCUT2D eigenvalue weighted by molar-refractivity contribution is 7.98. The van der Waals surface area contributed by atoms with Gasteiger partial charge in [0.05, 0.1) is 23.3 Å². The molecule has 0 fully saturated rings. The molecule has 240 valence electrons. The van der Waals surface area contributed by atoms with Gasteiger partial charge in [0.15, 0.2) is 13.5 Å². The summed E-state index contributed by atoms with van der Waals surface area (Å²) in [5.74, 6) is 0.950. The maximum Gasteiger partial charge on any atom is 0.200 e. The van der Waals surface area contributed by atoms with Gasteiger partial charge < -0.3 is 18.1 Å². The van der Waals surface area contributed by atoms with Crippen LogP contribution >= 0.6 is 11.8 Å². The van der Waals surface area contributed by atoms with E-state index >= 15 is 0 Å². The molecule has 1 aromatic carbocycles. The highest BCUT2D eigenvalue weighted by Gasteiger charge is 2.45. The molecule has 10 heteroatoms. The van der Waals surface area contributed by atoms with E-state index in [0.717, 1.165) is 57.2 Å². The number of aromatic nitrogens is 4. The summed E-state index contributed by atoms with van der Waals surface area (Å²) in [5.41, 5.74) is 6.04. The van der Waals surface area contributed by atoms with E-state index in [-0.39, 0.29) is 9.52 Å².